The van der Waals surface area contributed by atoms with Crippen LogP contribution in [0.4, 0.5) is 0 Å². The molecule has 110 valence electrons. The van der Waals surface area contributed by atoms with Gasteiger partial charge in [-0.25, -0.2) is 0 Å². The highest BCUT2D eigenvalue weighted by Crippen LogP contribution is 2.26. The Morgan fingerprint density at radius 2 is 1.74 bits per heavy atom. The van der Waals surface area contributed by atoms with Crippen LogP contribution in [-0.4, -0.2) is 35.1 Å². The molecule has 0 aliphatic heterocycles. The predicted molar refractivity (Wildman–Crippen MR) is 73.5 cm³/mol. The van der Waals surface area contributed by atoms with Crippen LogP contribution in [-0.2, 0) is 9.59 Å². The van der Waals surface area contributed by atoms with E-state index in [4.69, 9.17) is 0 Å². The lowest BCUT2D eigenvalue weighted by molar-refractivity contribution is -0.140. The number of aliphatic hydroxyl groups excluding tert-OH is 1. The van der Waals surface area contributed by atoms with E-state index in [1.807, 2.05) is 20.8 Å². The van der Waals surface area contributed by atoms with Gasteiger partial charge >= 0.3 is 11.8 Å². The summed E-state index contributed by atoms with van der Waals surface area (Å²) in [5, 5.41) is 15.1. The average Bonchev–Trinajstić information content (AvgIpc) is 2.34. The molecule has 1 atom stereocenters. The van der Waals surface area contributed by atoms with E-state index in [1.165, 1.54) is 6.42 Å². The molecule has 0 saturated heterocycles. The molecule has 0 aromatic carbocycles. The van der Waals surface area contributed by atoms with Crippen LogP contribution in [0.2, 0.25) is 0 Å². The molecule has 0 radical (unpaired) electrons. The summed E-state index contributed by atoms with van der Waals surface area (Å²) < 4.78 is 0. The molecule has 0 heterocycles. The molecule has 19 heavy (non-hydrogen) atoms. The summed E-state index contributed by atoms with van der Waals surface area (Å²) in [6, 6.07) is 0. The first-order valence-electron chi connectivity index (χ1n) is 7.08. The van der Waals surface area contributed by atoms with Crippen molar-refractivity contribution in [1.82, 2.24) is 10.6 Å². The molecule has 1 fully saturated rings. The van der Waals surface area contributed by atoms with Crippen LogP contribution in [0.3, 0.4) is 0 Å². The third kappa shape index (κ3) is 6.05. The van der Waals surface area contributed by atoms with Crippen molar-refractivity contribution < 1.29 is 14.7 Å². The van der Waals surface area contributed by atoms with Crippen molar-refractivity contribution in [1.29, 1.82) is 0 Å². The maximum Gasteiger partial charge on any atom is 0.309 e. The molecule has 1 unspecified atom stereocenters. The van der Waals surface area contributed by atoms with Gasteiger partial charge in [-0.05, 0) is 39.5 Å². The van der Waals surface area contributed by atoms with E-state index in [9.17, 15) is 14.7 Å². The van der Waals surface area contributed by atoms with Gasteiger partial charge in [0.05, 0.1) is 6.10 Å². The van der Waals surface area contributed by atoms with Crippen LogP contribution in [0.25, 0.3) is 0 Å². The largest absolute Gasteiger partial charge is 0.391 e. The number of carbonyl (C=O) groups is 2. The van der Waals surface area contributed by atoms with Crippen LogP contribution in [0.1, 0.15) is 52.9 Å². The third-order valence-electron chi connectivity index (χ3n) is 3.36. The first kappa shape index (κ1) is 16.0. The molecule has 5 heteroatoms. The summed E-state index contributed by atoms with van der Waals surface area (Å²) >= 11 is 0. The van der Waals surface area contributed by atoms with Gasteiger partial charge in [0.1, 0.15) is 0 Å². The van der Waals surface area contributed by atoms with E-state index in [2.05, 4.69) is 10.6 Å². The summed E-state index contributed by atoms with van der Waals surface area (Å²) in [7, 11) is 0. The van der Waals surface area contributed by atoms with Gasteiger partial charge in [0.25, 0.3) is 0 Å². The van der Waals surface area contributed by atoms with E-state index >= 15 is 0 Å². The Kier molecular flexibility index (Phi) is 5.79. The molecule has 0 aromatic heterocycles. The van der Waals surface area contributed by atoms with Crippen molar-refractivity contribution in [3.8, 4) is 0 Å². The normalized spacial score (nSPS) is 18.7. The van der Waals surface area contributed by atoms with Gasteiger partial charge in [-0.2, -0.15) is 0 Å². The van der Waals surface area contributed by atoms with E-state index in [0.717, 1.165) is 25.7 Å². The van der Waals surface area contributed by atoms with E-state index < -0.39 is 23.5 Å². The highest BCUT2D eigenvalue weighted by molar-refractivity contribution is 6.35. The van der Waals surface area contributed by atoms with Crippen molar-refractivity contribution in [3.63, 3.8) is 0 Å². The first-order chi connectivity index (χ1) is 8.79. The topological polar surface area (TPSA) is 78.4 Å². The maximum atomic E-state index is 11.6. The smallest absolute Gasteiger partial charge is 0.309 e. The summed E-state index contributed by atoms with van der Waals surface area (Å²) in [4.78, 5) is 23.1. The standard InChI is InChI=1S/C14H26N2O3/c1-14(2,3)16-13(19)12(18)15-9-11(17)10-7-5-4-6-8-10/h10-11,17H,4-9H2,1-3H3,(H,15,18)(H,16,19). The van der Waals surface area contributed by atoms with Gasteiger partial charge in [0, 0.05) is 12.1 Å². The monoisotopic (exact) mass is 270 g/mol. The number of amides is 2. The molecule has 1 aliphatic carbocycles. The summed E-state index contributed by atoms with van der Waals surface area (Å²) in [5.41, 5.74) is -0.434. The lowest BCUT2D eigenvalue weighted by Crippen LogP contribution is -2.49. The zero-order valence-corrected chi connectivity index (χ0v) is 12.2. The lowest BCUT2D eigenvalue weighted by Gasteiger charge is -2.26. The van der Waals surface area contributed by atoms with Crippen LogP contribution < -0.4 is 10.6 Å². The van der Waals surface area contributed by atoms with Gasteiger partial charge in [-0.1, -0.05) is 19.3 Å². The minimum Gasteiger partial charge on any atom is -0.391 e. The van der Waals surface area contributed by atoms with Crippen molar-refractivity contribution in [2.24, 2.45) is 5.92 Å². The fourth-order valence-electron chi connectivity index (χ4n) is 2.36. The number of hydrogen-bond acceptors (Lipinski definition) is 3. The molecule has 5 nitrogen and oxygen atoms in total. The molecular formula is C14H26N2O3. The zero-order valence-electron chi connectivity index (χ0n) is 12.2. The van der Waals surface area contributed by atoms with Gasteiger partial charge in [-0.15, -0.1) is 0 Å². The van der Waals surface area contributed by atoms with Gasteiger partial charge < -0.3 is 15.7 Å². The number of hydrogen-bond donors (Lipinski definition) is 3. The molecule has 0 bridgehead atoms. The summed E-state index contributed by atoms with van der Waals surface area (Å²) in [6.45, 7) is 5.60. The van der Waals surface area contributed by atoms with Crippen molar-refractivity contribution in [2.45, 2.75) is 64.5 Å². The Morgan fingerprint density at radius 1 is 1.16 bits per heavy atom. The number of nitrogens with one attached hydrogen (secondary N) is 2. The molecule has 1 aliphatic rings. The Morgan fingerprint density at radius 3 is 2.26 bits per heavy atom. The molecule has 3 N–H and O–H groups in total. The fourth-order valence-corrected chi connectivity index (χ4v) is 2.36. The summed E-state index contributed by atoms with van der Waals surface area (Å²) in [6.07, 6.45) is 4.96. The third-order valence-corrected chi connectivity index (χ3v) is 3.36. The molecule has 0 spiro atoms. The van der Waals surface area contributed by atoms with Gasteiger partial charge in [-0.3, -0.25) is 9.59 Å². The van der Waals surface area contributed by atoms with E-state index in [0.29, 0.717) is 0 Å². The van der Waals surface area contributed by atoms with Gasteiger partial charge in [0.2, 0.25) is 0 Å². The first-order valence-corrected chi connectivity index (χ1v) is 7.08. The van der Waals surface area contributed by atoms with E-state index in [1.54, 1.807) is 0 Å². The Hall–Kier alpha value is -1.10. The minimum atomic E-state index is -0.676. The van der Waals surface area contributed by atoms with Crippen molar-refractivity contribution in [2.75, 3.05) is 6.54 Å². The molecular weight excluding hydrogens is 244 g/mol. The Bertz CT molecular complexity index is 317. The molecule has 1 saturated carbocycles. The second-order valence-electron chi connectivity index (χ2n) is 6.38. The van der Waals surface area contributed by atoms with Gasteiger partial charge in [0.15, 0.2) is 0 Å². The van der Waals surface area contributed by atoms with Crippen LogP contribution in [0, 0.1) is 5.92 Å². The SMILES string of the molecule is CC(C)(C)NC(=O)C(=O)NCC(O)C1CCCCC1. The molecule has 2 amide bonds. The fraction of sp³-hybridized carbons (Fsp3) is 0.857. The van der Waals surface area contributed by atoms with E-state index in [-0.39, 0.29) is 12.5 Å². The highest BCUT2D eigenvalue weighted by atomic mass is 16.3. The minimum absolute atomic E-state index is 0.154. The predicted octanol–water partition coefficient (Wildman–Crippen LogP) is 0.958. The van der Waals surface area contributed by atoms with Crippen LogP contribution >= 0.6 is 0 Å². The molecule has 0 aromatic rings. The Labute approximate surface area is 115 Å². The second-order valence-corrected chi connectivity index (χ2v) is 6.38. The summed E-state index contributed by atoms with van der Waals surface area (Å²) in [5.74, 6) is -1.08. The quantitative estimate of drug-likeness (QED) is 0.668. The number of carbonyl (C=O) groups excluding carboxylic acids is 2. The maximum absolute atomic E-state index is 11.6. The highest BCUT2D eigenvalue weighted by Gasteiger charge is 2.24. The second kappa shape index (κ2) is 6.89. The number of aliphatic hydroxyl groups is 1. The average molecular weight is 270 g/mol. The van der Waals surface area contributed by atoms with Crippen LogP contribution in [0.5, 0.6) is 0 Å². The number of rotatable bonds is 3. The van der Waals surface area contributed by atoms with Crippen molar-refractivity contribution in [3.05, 3.63) is 0 Å². The van der Waals surface area contributed by atoms with Crippen molar-refractivity contribution >= 4 is 11.8 Å². The zero-order chi connectivity index (χ0) is 14.5. The Balaban J connectivity index is 2.30. The van der Waals surface area contributed by atoms with Crippen LogP contribution in [0.15, 0.2) is 0 Å². The molecule has 1 rings (SSSR count). The lowest BCUT2D eigenvalue weighted by atomic mass is 9.85.